The highest BCUT2D eigenvalue weighted by Crippen LogP contribution is 2.05. The van der Waals surface area contributed by atoms with Gasteiger partial charge in [-0.1, -0.05) is 6.92 Å². The van der Waals surface area contributed by atoms with E-state index < -0.39 is 23.5 Å². The van der Waals surface area contributed by atoms with Gasteiger partial charge in [0.05, 0.1) is 18.1 Å². The predicted molar refractivity (Wildman–Crippen MR) is 55.7 cm³/mol. The van der Waals surface area contributed by atoms with Gasteiger partial charge in [-0.15, -0.1) is 0 Å². The van der Waals surface area contributed by atoms with Gasteiger partial charge in [-0.2, -0.15) is 0 Å². The summed E-state index contributed by atoms with van der Waals surface area (Å²) in [4.78, 5) is 21.8. The molecule has 0 saturated heterocycles. The summed E-state index contributed by atoms with van der Waals surface area (Å²) in [5.41, 5.74) is 9.33. The smallest absolute Gasteiger partial charge is 0.237 e. The molecule has 0 aliphatic carbocycles. The molecule has 0 spiro atoms. The van der Waals surface area contributed by atoms with E-state index in [0.717, 1.165) is 0 Å². The van der Waals surface area contributed by atoms with Gasteiger partial charge < -0.3 is 21.9 Å². The fraction of sp³-hybridized carbons (Fsp3) is 0.778. The zero-order valence-corrected chi connectivity index (χ0v) is 9.12. The van der Waals surface area contributed by atoms with E-state index >= 15 is 0 Å². The van der Waals surface area contributed by atoms with E-state index in [4.69, 9.17) is 11.5 Å². The molecule has 0 heterocycles. The summed E-state index contributed by atoms with van der Waals surface area (Å²) >= 11 is 0. The fourth-order valence-corrected chi connectivity index (χ4v) is 0.843. The number of aliphatic hydroxyl groups is 1. The summed E-state index contributed by atoms with van der Waals surface area (Å²) in [6, 6.07) is -0.949. The van der Waals surface area contributed by atoms with Crippen molar-refractivity contribution in [3.63, 3.8) is 0 Å². The highest BCUT2D eigenvalue weighted by Gasteiger charge is 2.21. The minimum absolute atomic E-state index is 0.106. The first kappa shape index (κ1) is 13.9. The first-order chi connectivity index (χ1) is 6.78. The third-order valence-electron chi connectivity index (χ3n) is 2.16. The molecule has 0 aromatic rings. The lowest BCUT2D eigenvalue weighted by molar-refractivity contribution is -0.127. The summed E-state index contributed by atoms with van der Waals surface area (Å²) in [5.74, 6) is -1.11. The van der Waals surface area contributed by atoms with Crippen LogP contribution in [0.5, 0.6) is 0 Å². The molecule has 6 N–H and O–H groups in total. The third kappa shape index (κ3) is 6.03. The van der Waals surface area contributed by atoms with Crippen molar-refractivity contribution in [2.24, 2.45) is 11.5 Å². The first-order valence-electron chi connectivity index (χ1n) is 4.82. The van der Waals surface area contributed by atoms with E-state index in [-0.39, 0.29) is 13.0 Å². The lowest BCUT2D eigenvalue weighted by Gasteiger charge is -2.22. The lowest BCUT2D eigenvalue weighted by Crippen LogP contribution is -2.48. The van der Waals surface area contributed by atoms with E-state index in [1.807, 2.05) is 0 Å². The van der Waals surface area contributed by atoms with Crippen molar-refractivity contribution in [2.45, 2.75) is 38.3 Å². The summed E-state index contributed by atoms with van der Waals surface area (Å²) in [5, 5.41) is 12.0. The van der Waals surface area contributed by atoms with Crippen molar-refractivity contribution in [2.75, 3.05) is 6.54 Å². The molecule has 0 aliphatic rings. The minimum Gasteiger partial charge on any atom is -0.388 e. The van der Waals surface area contributed by atoms with Crippen LogP contribution in [0.2, 0.25) is 0 Å². The Morgan fingerprint density at radius 3 is 2.47 bits per heavy atom. The molecule has 6 heteroatoms. The second-order valence-corrected chi connectivity index (χ2v) is 3.85. The van der Waals surface area contributed by atoms with Gasteiger partial charge in [0.25, 0.3) is 0 Å². The van der Waals surface area contributed by atoms with Gasteiger partial charge >= 0.3 is 0 Å². The normalized spacial score (nSPS) is 16.5. The summed E-state index contributed by atoms with van der Waals surface area (Å²) < 4.78 is 0. The molecule has 2 unspecified atom stereocenters. The van der Waals surface area contributed by atoms with Crippen LogP contribution in [0.1, 0.15) is 26.7 Å². The molecule has 2 amide bonds. The number of carbonyl (C=O) groups is 2. The Labute approximate surface area is 89.0 Å². The monoisotopic (exact) mass is 217 g/mol. The standard InChI is InChI=1S/C9H19N3O3/c1-3-9(2,15)5-12-8(14)6(10)4-7(11)13/h6,15H,3-5,10H2,1-2H3,(H2,11,13)(H,12,14). The van der Waals surface area contributed by atoms with E-state index in [1.54, 1.807) is 13.8 Å². The Balaban J connectivity index is 3.98. The van der Waals surface area contributed by atoms with Crippen LogP contribution < -0.4 is 16.8 Å². The largest absolute Gasteiger partial charge is 0.388 e. The van der Waals surface area contributed by atoms with E-state index in [0.29, 0.717) is 6.42 Å². The molecule has 6 nitrogen and oxygen atoms in total. The third-order valence-corrected chi connectivity index (χ3v) is 2.16. The average molecular weight is 217 g/mol. The maximum Gasteiger partial charge on any atom is 0.237 e. The Morgan fingerprint density at radius 1 is 1.53 bits per heavy atom. The number of nitrogens with one attached hydrogen (secondary N) is 1. The van der Waals surface area contributed by atoms with Gasteiger partial charge in [0.15, 0.2) is 0 Å². The Kier molecular flexibility index (Phi) is 5.24. The molecule has 0 bridgehead atoms. The number of rotatable bonds is 6. The molecule has 15 heavy (non-hydrogen) atoms. The zero-order chi connectivity index (χ0) is 12.1. The van der Waals surface area contributed by atoms with Gasteiger partial charge in [-0.05, 0) is 13.3 Å². The van der Waals surface area contributed by atoms with Crippen LogP contribution >= 0.6 is 0 Å². The summed E-state index contributed by atoms with van der Waals surface area (Å²) in [6.45, 7) is 3.51. The lowest BCUT2D eigenvalue weighted by atomic mass is 10.0. The molecule has 0 radical (unpaired) electrons. The van der Waals surface area contributed by atoms with E-state index in [9.17, 15) is 14.7 Å². The second-order valence-electron chi connectivity index (χ2n) is 3.85. The van der Waals surface area contributed by atoms with Crippen LogP contribution in [0.3, 0.4) is 0 Å². The van der Waals surface area contributed by atoms with Crippen molar-refractivity contribution in [1.29, 1.82) is 0 Å². The average Bonchev–Trinajstić information content (AvgIpc) is 2.13. The Hall–Kier alpha value is -1.14. The number of carbonyl (C=O) groups excluding carboxylic acids is 2. The van der Waals surface area contributed by atoms with E-state index in [2.05, 4.69) is 5.32 Å². The van der Waals surface area contributed by atoms with Crippen molar-refractivity contribution in [3.05, 3.63) is 0 Å². The number of hydrogen-bond donors (Lipinski definition) is 4. The van der Waals surface area contributed by atoms with Crippen LogP contribution in [0.25, 0.3) is 0 Å². The van der Waals surface area contributed by atoms with Crippen molar-refractivity contribution in [3.8, 4) is 0 Å². The predicted octanol–water partition coefficient (Wildman–Crippen LogP) is -1.53. The van der Waals surface area contributed by atoms with Crippen molar-refractivity contribution in [1.82, 2.24) is 5.32 Å². The second kappa shape index (κ2) is 5.67. The van der Waals surface area contributed by atoms with Crippen LogP contribution in [0.4, 0.5) is 0 Å². The molecule has 0 aliphatic heterocycles. The molecular formula is C9H19N3O3. The van der Waals surface area contributed by atoms with Gasteiger partial charge in [0, 0.05) is 6.54 Å². The van der Waals surface area contributed by atoms with Crippen molar-refractivity contribution < 1.29 is 14.7 Å². The fourth-order valence-electron chi connectivity index (χ4n) is 0.843. The van der Waals surface area contributed by atoms with Gasteiger partial charge in [0.1, 0.15) is 0 Å². The minimum atomic E-state index is -0.956. The molecule has 0 rings (SSSR count). The van der Waals surface area contributed by atoms with Gasteiger partial charge in [-0.25, -0.2) is 0 Å². The van der Waals surface area contributed by atoms with Crippen LogP contribution in [0.15, 0.2) is 0 Å². The van der Waals surface area contributed by atoms with Gasteiger partial charge in [0.2, 0.25) is 11.8 Å². The maximum atomic E-state index is 11.3. The molecule has 88 valence electrons. The van der Waals surface area contributed by atoms with Crippen LogP contribution in [-0.4, -0.2) is 35.1 Å². The van der Waals surface area contributed by atoms with Crippen LogP contribution in [-0.2, 0) is 9.59 Å². The molecule has 0 fully saturated rings. The quantitative estimate of drug-likeness (QED) is 0.431. The molecule has 0 aromatic carbocycles. The topological polar surface area (TPSA) is 118 Å². The SMILES string of the molecule is CCC(C)(O)CNC(=O)C(N)CC(N)=O. The Morgan fingerprint density at radius 2 is 2.07 bits per heavy atom. The molecule has 0 saturated carbocycles. The number of primary amides is 1. The van der Waals surface area contributed by atoms with E-state index in [1.165, 1.54) is 0 Å². The van der Waals surface area contributed by atoms with Gasteiger partial charge in [-0.3, -0.25) is 9.59 Å². The summed E-state index contributed by atoms with van der Waals surface area (Å²) in [7, 11) is 0. The number of amides is 2. The zero-order valence-electron chi connectivity index (χ0n) is 9.12. The molecular weight excluding hydrogens is 198 g/mol. The highest BCUT2D eigenvalue weighted by molar-refractivity contribution is 5.87. The van der Waals surface area contributed by atoms with Crippen LogP contribution in [0, 0.1) is 0 Å². The summed E-state index contributed by atoms with van der Waals surface area (Å²) in [6.07, 6.45) is 0.318. The Bertz CT molecular complexity index is 241. The number of hydrogen-bond acceptors (Lipinski definition) is 4. The highest BCUT2D eigenvalue weighted by atomic mass is 16.3. The molecule has 0 aromatic heterocycles. The van der Waals surface area contributed by atoms with Crippen molar-refractivity contribution >= 4 is 11.8 Å². The first-order valence-corrected chi connectivity index (χ1v) is 4.82. The maximum absolute atomic E-state index is 11.3. The number of nitrogens with two attached hydrogens (primary N) is 2. The molecule has 2 atom stereocenters.